The van der Waals surface area contributed by atoms with Crippen molar-refractivity contribution in [1.29, 1.82) is 0 Å². The molecule has 0 radical (unpaired) electrons. The van der Waals surface area contributed by atoms with E-state index in [4.69, 9.17) is 10.8 Å². The smallest absolute Gasteiger partial charge is 0.316 e. The highest BCUT2D eigenvalue weighted by molar-refractivity contribution is 6.11. The van der Waals surface area contributed by atoms with Crippen molar-refractivity contribution in [2.75, 3.05) is 5.32 Å². The Bertz CT molecular complexity index is 1400. The maximum absolute atomic E-state index is 11.1. The number of nitrogens with two attached hydrogens (primary N) is 1. The molecule has 5 rings (SSSR count). The van der Waals surface area contributed by atoms with Crippen molar-refractivity contribution in [3.05, 3.63) is 90.6 Å². The molecule has 146 valence electrons. The highest BCUT2D eigenvalue weighted by Crippen LogP contribution is 2.34. The number of hydrogen-bond donors (Lipinski definition) is 2. The average Bonchev–Trinajstić information content (AvgIpc) is 3.14. The van der Waals surface area contributed by atoms with Crippen LogP contribution >= 0.6 is 0 Å². The first kappa shape index (κ1) is 17.9. The monoisotopic (exact) mass is 392 g/mol. The molecule has 0 saturated heterocycles. The van der Waals surface area contributed by atoms with Crippen LogP contribution in [0.1, 0.15) is 5.69 Å². The lowest BCUT2D eigenvalue weighted by Gasteiger charge is -2.12. The van der Waals surface area contributed by atoms with Gasteiger partial charge in [0.25, 0.3) is 0 Å². The molecular weight excluding hydrogens is 372 g/mol. The third kappa shape index (κ3) is 3.06. The summed E-state index contributed by atoms with van der Waals surface area (Å²) in [7, 11) is 0. The molecule has 3 N–H and O–H groups in total. The Morgan fingerprint density at radius 1 is 0.867 bits per heavy atom. The van der Waals surface area contributed by atoms with Crippen LogP contribution in [0.25, 0.3) is 38.5 Å². The second-order valence-electron chi connectivity index (χ2n) is 7.31. The zero-order valence-electron chi connectivity index (χ0n) is 16.5. The first-order valence-corrected chi connectivity index (χ1v) is 9.74. The van der Waals surface area contributed by atoms with Gasteiger partial charge >= 0.3 is 6.03 Å². The Balaban J connectivity index is 1.68. The summed E-state index contributed by atoms with van der Waals surface area (Å²) in [6, 6.07) is 28.2. The van der Waals surface area contributed by atoms with E-state index in [2.05, 4.69) is 66.0 Å². The predicted octanol–water partition coefficient (Wildman–Crippen LogP) is 5.64. The van der Waals surface area contributed by atoms with Gasteiger partial charge in [-0.3, -0.25) is 0 Å². The SMILES string of the molecule is Cc1cc(-c2cccc3c2ccc2ccccc23)n(-c2ccc(NC(N)=O)cc2)n1. The fourth-order valence-electron chi connectivity index (χ4n) is 3.98. The number of urea groups is 1. The van der Waals surface area contributed by atoms with Gasteiger partial charge in [-0.1, -0.05) is 54.6 Å². The zero-order chi connectivity index (χ0) is 20.7. The maximum Gasteiger partial charge on any atom is 0.316 e. The van der Waals surface area contributed by atoms with Crippen molar-refractivity contribution in [2.45, 2.75) is 6.92 Å². The fourth-order valence-corrected chi connectivity index (χ4v) is 3.98. The molecule has 1 heterocycles. The van der Waals surface area contributed by atoms with Gasteiger partial charge in [-0.25, -0.2) is 9.48 Å². The van der Waals surface area contributed by atoms with Gasteiger partial charge in [0.2, 0.25) is 0 Å². The Labute approximate surface area is 173 Å². The Morgan fingerprint density at radius 3 is 2.43 bits per heavy atom. The molecule has 0 saturated carbocycles. The van der Waals surface area contributed by atoms with E-state index in [1.54, 1.807) is 0 Å². The number of nitrogens with zero attached hydrogens (tertiary/aromatic N) is 2. The quantitative estimate of drug-likeness (QED) is 0.390. The molecule has 0 bridgehead atoms. The van der Waals surface area contributed by atoms with Crippen molar-refractivity contribution in [1.82, 2.24) is 9.78 Å². The van der Waals surface area contributed by atoms with E-state index >= 15 is 0 Å². The number of primary amides is 1. The van der Waals surface area contributed by atoms with Crippen LogP contribution in [0.2, 0.25) is 0 Å². The molecule has 0 unspecified atom stereocenters. The predicted molar refractivity (Wildman–Crippen MR) is 122 cm³/mol. The van der Waals surface area contributed by atoms with Crippen molar-refractivity contribution in [2.24, 2.45) is 5.73 Å². The zero-order valence-corrected chi connectivity index (χ0v) is 16.5. The van der Waals surface area contributed by atoms with Gasteiger partial charge in [-0.2, -0.15) is 5.10 Å². The number of hydrogen-bond acceptors (Lipinski definition) is 2. The van der Waals surface area contributed by atoms with E-state index in [9.17, 15) is 4.79 Å². The minimum Gasteiger partial charge on any atom is -0.351 e. The van der Waals surface area contributed by atoms with Gasteiger partial charge in [0.05, 0.1) is 17.1 Å². The van der Waals surface area contributed by atoms with Crippen molar-refractivity contribution in [3.63, 3.8) is 0 Å². The van der Waals surface area contributed by atoms with E-state index in [1.165, 1.54) is 21.5 Å². The first-order valence-electron chi connectivity index (χ1n) is 9.74. The lowest BCUT2D eigenvalue weighted by Crippen LogP contribution is -2.19. The van der Waals surface area contributed by atoms with Crippen LogP contribution in [0.5, 0.6) is 0 Å². The molecule has 1 aromatic heterocycles. The minimum absolute atomic E-state index is 0.582. The van der Waals surface area contributed by atoms with Gasteiger partial charge in [-0.05, 0) is 58.8 Å². The lowest BCUT2D eigenvalue weighted by molar-refractivity contribution is 0.259. The van der Waals surface area contributed by atoms with Gasteiger partial charge < -0.3 is 11.1 Å². The third-order valence-corrected chi connectivity index (χ3v) is 5.27. The number of aryl methyl sites for hydroxylation is 1. The second kappa shape index (κ2) is 7.04. The van der Waals surface area contributed by atoms with Crippen LogP contribution in [0.15, 0.2) is 84.9 Å². The van der Waals surface area contributed by atoms with Crippen LogP contribution in [-0.2, 0) is 0 Å². The topological polar surface area (TPSA) is 72.9 Å². The number of fused-ring (bicyclic) bond motifs is 3. The summed E-state index contributed by atoms with van der Waals surface area (Å²) in [5.74, 6) is 0. The molecule has 5 nitrogen and oxygen atoms in total. The van der Waals surface area contributed by atoms with E-state index < -0.39 is 6.03 Å². The molecule has 5 aromatic rings. The van der Waals surface area contributed by atoms with Crippen LogP contribution < -0.4 is 11.1 Å². The van der Waals surface area contributed by atoms with Gasteiger partial charge in [0, 0.05) is 11.3 Å². The van der Waals surface area contributed by atoms with Gasteiger partial charge in [0.15, 0.2) is 0 Å². The van der Waals surface area contributed by atoms with E-state index in [0.717, 1.165) is 22.6 Å². The van der Waals surface area contributed by atoms with Crippen LogP contribution in [-0.4, -0.2) is 15.8 Å². The Hall–Kier alpha value is -4.12. The largest absolute Gasteiger partial charge is 0.351 e. The summed E-state index contributed by atoms with van der Waals surface area (Å²) in [6.45, 7) is 1.99. The normalized spacial score (nSPS) is 11.1. The second-order valence-corrected chi connectivity index (χ2v) is 7.31. The summed E-state index contributed by atoms with van der Waals surface area (Å²) < 4.78 is 1.94. The fraction of sp³-hybridized carbons (Fsp3) is 0.0400. The molecule has 4 aromatic carbocycles. The van der Waals surface area contributed by atoms with Crippen LogP contribution in [0.4, 0.5) is 10.5 Å². The Kier molecular flexibility index (Phi) is 4.21. The number of carbonyl (C=O) groups is 1. The summed E-state index contributed by atoms with van der Waals surface area (Å²) in [5, 5.41) is 12.2. The molecule has 30 heavy (non-hydrogen) atoms. The summed E-state index contributed by atoms with van der Waals surface area (Å²) >= 11 is 0. The molecule has 2 amide bonds. The molecule has 0 spiro atoms. The molecule has 5 heteroatoms. The number of nitrogens with one attached hydrogen (secondary N) is 1. The number of benzene rings is 4. The minimum atomic E-state index is -0.582. The summed E-state index contributed by atoms with van der Waals surface area (Å²) in [5.41, 5.74) is 9.83. The highest BCUT2D eigenvalue weighted by atomic mass is 16.2. The van der Waals surface area contributed by atoms with Gasteiger partial charge in [-0.15, -0.1) is 0 Å². The first-order chi connectivity index (χ1) is 14.6. The number of carbonyl (C=O) groups excluding carboxylic acids is 1. The number of rotatable bonds is 3. The molecule has 0 aliphatic heterocycles. The summed E-state index contributed by atoms with van der Waals surface area (Å²) in [4.78, 5) is 11.1. The van der Waals surface area contributed by atoms with Crippen molar-refractivity contribution >= 4 is 33.3 Å². The highest BCUT2D eigenvalue weighted by Gasteiger charge is 2.14. The summed E-state index contributed by atoms with van der Waals surface area (Å²) in [6.07, 6.45) is 0. The van der Waals surface area contributed by atoms with E-state index in [0.29, 0.717) is 5.69 Å². The van der Waals surface area contributed by atoms with E-state index in [-0.39, 0.29) is 0 Å². The molecule has 0 fully saturated rings. The maximum atomic E-state index is 11.1. The average molecular weight is 392 g/mol. The molecule has 0 aliphatic rings. The Morgan fingerprint density at radius 2 is 1.63 bits per heavy atom. The third-order valence-electron chi connectivity index (χ3n) is 5.27. The standard InChI is InChI=1S/C25H20N4O/c1-16-15-24(29(28-16)19-12-10-18(11-13-19)27-25(26)30)23-8-4-7-21-20-6-3-2-5-17(20)9-14-22(21)23/h2-15H,1H3,(H3,26,27,30). The van der Waals surface area contributed by atoms with Gasteiger partial charge in [0.1, 0.15) is 0 Å². The number of aromatic nitrogens is 2. The number of amides is 2. The van der Waals surface area contributed by atoms with Crippen molar-refractivity contribution < 1.29 is 4.79 Å². The lowest BCUT2D eigenvalue weighted by atomic mass is 9.97. The molecular formula is C25H20N4O. The van der Waals surface area contributed by atoms with E-state index in [1.807, 2.05) is 35.9 Å². The molecule has 0 atom stereocenters. The van der Waals surface area contributed by atoms with Crippen LogP contribution in [0.3, 0.4) is 0 Å². The molecule has 0 aliphatic carbocycles. The van der Waals surface area contributed by atoms with Crippen molar-refractivity contribution in [3.8, 4) is 16.9 Å². The van der Waals surface area contributed by atoms with Crippen LogP contribution in [0, 0.1) is 6.92 Å². The number of anilines is 1.